The number of aromatic nitrogens is 2. The van der Waals surface area contributed by atoms with Gasteiger partial charge in [0.2, 0.25) is 5.95 Å². The molecule has 2 aromatic rings. The molecule has 0 amide bonds. The summed E-state index contributed by atoms with van der Waals surface area (Å²) in [6, 6.07) is 1.98. The van der Waals surface area contributed by atoms with Gasteiger partial charge in [-0.2, -0.15) is 0 Å². The predicted octanol–water partition coefficient (Wildman–Crippen LogP) is 2.07. The second-order valence-corrected chi connectivity index (χ2v) is 6.16. The molecule has 0 unspecified atom stereocenters. The third-order valence-corrected chi connectivity index (χ3v) is 4.60. The molecule has 0 radical (unpaired) electrons. The third-order valence-electron chi connectivity index (χ3n) is 3.76. The zero-order valence-corrected chi connectivity index (χ0v) is 15.1. The number of ether oxygens (including phenoxy) is 3. The minimum Gasteiger partial charge on any atom is -0.461 e. The van der Waals surface area contributed by atoms with Gasteiger partial charge in [0.05, 0.1) is 36.0 Å². The highest BCUT2D eigenvalue weighted by Crippen LogP contribution is 2.30. The second kappa shape index (κ2) is 7.77. The summed E-state index contributed by atoms with van der Waals surface area (Å²) in [7, 11) is 3.13. The highest BCUT2D eigenvalue weighted by atomic mass is 32.1. The number of fused-ring (bicyclic) bond motifs is 3. The predicted molar refractivity (Wildman–Crippen MR) is 95.0 cm³/mol. The van der Waals surface area contributed by atoms with Crippen molar-refractivity contribution in [1.82, 2.24) is 9.55 Å². The van der Waals surface area contributed by atoms with Crippen LogP contribution < -0.4 is 5.32 Å². The molecule has 25 heavy (non-hydrogen) atoms. The standard InChI is InChI=1S/C16H20N4O4S/c1-4-24-15(21)14-11-7-17-8-12-10(5-6-25-12)20(11)16(19-14)18-9-13(22-2)23-3/h5-6,8,13H,4,7,9H2,1-3H3,(H,18,19). The number of esters is 1. The van der Waals surface area contributed by atoms with Crippen LogP contribution in [0.15, 0.2) is 16.4 Å². The molecule has 3 heterocycles. The van der Waals surface area contributed by atoms with Gasteiger partial charge in [-0.1, -0.05) is 0 Å². The van der Waals surface area contributed by atoms with Gasteiger partial charge < -0.3 is 19.5 Å². The Kier molecular flexibility index (Phi) is 5.47. The van der Waals surface area contributed by atoms with Gasteiger partial charge in [0.15, 0.2) is 12.0 Å². The fraction of sp³-hybridized carbons (Fsp3) is 0.438. The van der Waals surface area contributed by atoms with Crippen molar-refractivity contribution in [3.63, 3.8) is 0 Å². The Morgan fingerprint density at radius 2 is 2.24 bits per heavy atom. The van der Waals surface area contributed by atoms with Crippen LogP contribution in [0.25, 0.3) is 5.69 Å². The number of imidazole rings is 1. The summed E-state index contributed by atoms with van der Waals surface area (Å²) in [5, 5.41) is 5.17. The van der Waals surface area contributed by atoms with Gasteiger partial charge in [-0.25, -0.2) is 9.78 Å². The molecule has 0 fully saturated rings. The molecule has 1 aliphatic heterocycles. The van der Waals surface area contributed by atoms with E-state index in [-0.39, 0.29) is 12.3 Å². The van der Waals surface area contributed by atoms with Crippen LogP contribution in [0.1, 0.15) is 28.0 Å². The van der Waals surface area contributed by atoms with Crippen LogP contribution in [0.2, 0.25) is 0 Å². The summed E-state index contributed by atoms with van der Waals surface area (Å²) in [5.41, 5.74) is 1.89. The Labute approximate surface area is 149 Å². The molecule has 134 valence electrons. The van der Waals surface area contributed by atoms with Crippen LogP contribution in [0, 0.1) is 0 Å². The lowest BCUT2D eigenvalue weighted by molar-refractivity contribution is -0.0914. The highest BCUT2D eigenvalue weighted by Gasteiger charge is 2.27. The normalized spacial score (nSPS) is 12.6. The van der Waals surface area contributed by atoms with E-state index in [9.17, 15) is 4.79 Å². The van der Waals surface area contributed by atoms with E-state index in [0.29, 0.717) is 24.7 Å². The number of methoxy groups -OCH3 is 2. The van der Waals surface area contributed by atoms with Gasteiger partial charge in [-0.15, -0.1) is 11.3 Å². The number of carbonyl (C=O) groups is 1. The van der Waals surface area contributed by atoms with Crippen molar-refractivity contribution in [3.05, 3.63) is 27.7 Å². The summed E-state index contributed by atoms with van der Waals surface area (Å²) in [6.07, 6.45) is 1.39. The zero-order chi connectivity index (χ0) is 17.8. The van der Waals surface area contributed by atoms with Gasteiger partial charge in [-0.3, -0.25) is 9.56 Å². The molecule has 0 aromatic carbocycles. The Bertz CT molecular complexity index is 779. The smallest absolute Gasteiger partial charge is 0.358 e. The fourth-order valence-electron chi connectivity index (χ4n) is 2.59. The first kappa shape index (κ1) is 17.6. The van der Waals surface area contributed by atoms with Crippen molar-refractivity contribution in [2.75, 3.05) is 32.7 Å². The summed E-state index contributed by atoms with van der Waals surface area (Å²) in [4.78, 5) is 22.2. The first-order valence-electron chi connectivity index (χ1n) is 7.85. The first-order valence-corrected chi connectivity index (χ1v) is 8.73. The lowest BCUT2D eigenvalue weighted by Gasteiger charge is -2.15. The van der Waals surface area contributed by atoms with E-state index in [0.717, 1.165) is 10.6 Å². The molecular formula is C16H20N4O4S. The quantitative estimate of drug-likeness (QED) is 0.598. The van der Waals surface area contributed by atoms with Crippen LogP contribution in [0.4, 0.5) is 5.95 Å². The summed E-state index contributed by atoms with van der Waals surface area (Å²) < 4.78 is 17.5. The van der Waals surface area contributed by atoms with Gasteiger partial charge in [0, 0.05) is 20.4 Å². The fourth-order valence-corrected chi connectivity index (χ4v) is 3.35. The maximum atomic E-state index is 12.3. The number of nitrogens with one attached hydrogen (secondary N) is 1. The van der Waals surface area contributed by atoms with E-state index in [2.05, 4.69) is 15.3 Å². The minimum atomic E-state index is -0.455. The average Bonchev–Trinajstić information content (AvgIpc) is 3.16. The maximum Gasteiger partial charge on any atom is 0.358 e. The number of thiophene rings is 1. The average molecular weight is 364 g/mol. The van der Waals surface area contributed by atoms with E-state index in [4.69, 9.17) is 14.2 Å². The SMILES string of the molecule is CCOC(=O)c1nc(NCC(OC)OC)n2c1CN=Cc1sccc1-2. The van der Waals surface area contributed by atoms with Crippen LogP contribution in [-0.2, 0) is 20.8 Å². The van der Waals surface area contributed by atoms with Gasteiger partial charge in [0.25, 0.3) is 0 Å². The molecule has 8 nitrogen and oxygen atoms in total. The van der Waals surface area contributed by atoms with Crippen LogP contribution in [0.3, 0.4) is 0 Å². The van der Waals surface area contributed by atoms with Crippen LogP contribution in [-0.4, -0.2) is 55.4 Å². The summed E-state index contributed by atoms with van der Waals surface area (Å²) in [6.45, 7) is 2.78. The number of hydrogen-bond donors (Lipinski definition) is 1. The number of rotatable bonds is 7. The lowest BCUT2D eigenvalue weighted by atomic mass is 10.3. The third kappa shape index (κ3) is 3.44. The molecule has 9 heteroatoms. The molecule has 0 atom stereocenters. The van der Waals surface area contributed by atoms with Crippen molar-refractivity contribution in [3.8, 4) is 5.69 Å². The number of nitrogens with zero attached hydrogens (tertiary/aromatic N) is 3. The van der Waals surface area contributed by atoms with Gasteiger partial charge >= 0.3 is 5.97 Å². The van der Waals surface area contributed by atoms with Crippen LogP contribution >= 0.6 is 11.3 Å². The van der Waals surface area contributed by atoms with E-state index in [1.54, 1.807) is 32.5 Å². The van der Waals surface area contributed by atoms with E-state index < -0.39 is 12.3 Å². The van der Waals surface area contributed by atoms with Gasteiger partial charge in [-0.05, 0) is 18.4 Å². The van der Waals surface area contributed by atoms with Crippen molar-refractivity contribution in [2.45, 2.75) is 19.8 Å². The Balaban J connectivity index is 2.03. The highest BCUT2D eigenvalue weighted by molar-refractivity contribution is 7.12. The Morgan fingerprint density at radius 1 is 1.44 bits per heavy atom. The maximum absolute atomic E-state index is 12.3. The van der Waals surface area contributed by atoms with E-state index >= 15 is 0 Å². The largest absolute Gasteiger partial charge is 0.461 e. The number of hydrogen-bond acceptors (Lipinski definition) is 8. The van der Waals surface area contributed by atoms with E-state index in [1.165, 1.54) is 0 Å². The first-order chi connectivity index (χ1) is 12.2. The van der Waals surface area contributed by atoms with Gasteiger partial charge in [0.1, 0.15) is 0 Å². The molecule has 0 saturated heterocycles. The molecular weight excluding hydrogens is 344 g/mol. The molecule has 0 bridgehead atoms. The van der Waals surface area contributed by atoms with Crippen LogP contribution in [0.5, 0.6) is 0 Å². The molecule has 0 saturated carbocycles. The molecule has 2 aromatic heterocycles. The van der Waals surface area contributed by atoms with Crippen molar-refractivity contribution in [1.29, 1.82) is 0 Å². The Hall–Kier alpha value is -2.23. The number of aliphatic imine (C=N–C) groups is 1. The summed E-state index contributed by atoms with van der Waals surface area (Å²) >= 11 is 1.58. The molecule has 1 aliphatic rings. The lowest BCUT2D eigenvalue weighted by Crippen LogP contribution is -2.25. The van der Waals surface area contributed by atoms with E-state index in [1.807, 2.05) is 22.2 Å². The molecule has 3 rings (SSSR count). The zero-order valence-electron chi connectivity index (χ0n) is 14.3. The molecule has 0 aliphatic carbocycles. The topological polar surface area (TPSA) is 87.0 Å². The summed E-state index contributed by atoms with van der Waals surface area (Å²) in [5.74, 6) is 0.0746. The second-order valence-electron chi connectivity index (χ2n) is 5.21. The van der Waals surface area contributed by atoms with Crippen molar-refractivity contribution < 1.29 is 19.0 Å². The minimum absolute atomic E-state index is 0.270. The number of anilines is 1. The van der Waals surface area contributed by atoms with Crippen molar-refractivity contribution in [2.24, 2.45) is 4.99 Å². The molecule has 1 N–H and O–H groups in total. The molecule has 0 spiro atoms. The van der Waals surface area contributed by atoms with Crippen molar-refractivity contribution >= 4 is 29.5 Å². The Morgan fingerprint density at radius 3 is 2.96 bits per heavy atom. The monoisotopic (exact) mass is 364 g/mol. The number of carbonyl (C=O) groups excluding carboxylic acids is 1.